The van der Waals surface area contributed by atoms with E-state index >= 15 is 0 Å². The van der Waals surface area contributed by atoms with E-state index < -0.39 is 27.2 Å². The number of morpholine rings is 1. The van der Waals surface area contributed by atoms with Gasteiger partial charge in [-0.05, 0) is 58.2 Å². The minimum Gasteiger partial charge on any atom is -0.444 e. The van der Waals surface area contributed by atoms with Crippen molar-refractivity contribution >= 4 is 16.1 Å². The number of aryl methyl sites for hydroxylation is 1. The molecule has 34 heavy (non-hydrogen) atoms. The first-order valence-corrected chi connectivity index (χ1v) is 13.2. The van der Waals surface area contributed by atoms with Crippen molar-refractivity contribution in [3.63, 3.8) is 0 Å². The molecule has 2 heterocycles. The largest absolute Gasteiger partial charge is 0.444 e. The molecule has 0 bridgehead atoms. The quantitative estimate of drug-likeness (QED) is 0.637. The molecular formula is C26H34N2O5S. The summed E-state index contributed by atoms with van der Waals surface area (Å²) < 4.78 is 41.5. The number of ether oxygens (including phenoxy) is 2. The van der Waals surface area contributed by atoms with Crippen molar-refractivity contribution in [2.24, 2.45) is 0 Å². The van der Waals surface area contributed by atoms with E-state index in [9.17, 15) is 13.2 Å². The standard InChI is InChI=1S/C26H34N2O5S/c1-20-10-12-22(13-11-20)34(30,31)28-23(21-8-6-5-7-9-21)18-32-19-26(28)14-16-27(17-15-26)24(29)33-25(2,3)4/h5-13,23H,14-19H2,1-4H3/t23-/m0/s1. The van der Waals surface area contributed by atoms with Crippen molar-refractivity contribution in [2.75, 3.05) is 26.3 Å². The van der Waals surface area contributed by atoms with Crippen molar-refractivity contribution in [2.45, 2.75) is 62.6 Å². The van der Waals surface area contributed by atoms with Crippen LogP contribution in [0.25, 0.3) is 0 Å². The Morgan fingerprint density at radius 1 is 1.03 bits per heavy atom. The molecule has 1 atom stereocenters. The van der Waals surface area contributed by atoms with E-state index in [2.05, 4.69) is 0 Å². The van der Waals surface area contributed by atoms with Crippen LogP contribution >= 0.6 is 0 Å². The Kier molecular flexibility index (Phi) is 6.77. The molecule has 2 saturated heterocycles. The number of carbonyl (C=O) groups is 1. The van der Waals surface area contributed by atoms with Crippen molar-refractivity contribution in [1.29, 1.82) is 0 Å². The summed E-state index contributed by atoms with van der Waals surface area (Å²) >= 11 is 0. The van der Waals surface area contributed by atoms with Gasteiger partial charge in [0.05, 0.1) is 29.7 Å². The van der Waals surface area contributed by atoms with Crippen LogP contribution in [0, 0.1) is 6.92 Å². The van der Waals surface area contributed by atoms with Gasteiger partial charge in [0.2, 0.25) is 10.0 Å². The van der Waals surface area contributed by atoms with Crippen LogP contribution in [0.1, 0.15) is 50.8 Å². The first-order chi connectivity index (χ1) is 16.0. The van der Waals surface area contributed by atoms with Gasteiger partial charge in [-0.3, -0.25) is 0 Å². The number of rotatable bonds is 3. The molecule has 1 amide bonds. The average molecular weight is 487 g/mol. The molecule has 0 unspecified atom stereocenters. The van der Waals surface area contributed by atoms with Crippen LogP contribution in [-0.2, 0) is 19.5 Å². The number of amides is 1. The molecule has 7 nitrogen and oxygen atoms in total. The summed E-state index contributed by atoms with van der Waals surface area (Å²) in [5.41, 5.74) is 0.563. The molecule has 0 N–H and O–H groups in total. The molecule has 1 spiro atoms. The molecule has 0 aromatic heterocycles. The third-order valence-electron chi connectivity index (χ3n) is 6.51. The fraction of sp³-hybridized carbons (Fsp3) is 0.500. The van der Waals surface area contributed by atoms with Crippen LogP contribution in [0.5, 0.6) is 0 Å². The van der Waals surface area contributed by atoms with E-state index in [4.69, 9.17) is 9.47 Å². The molecule has 2 aromatic rings. The highest BCUT2D eigenvalue weighted by Gasteiger charge is 2.53. The fourth-order valence-electron chi connectivity index (χ4n) is 4.77. The number of likely N-dealkylation sites (tertiary alicyclic amines) is 1. The molecule has 2 aromatic carbocycles. The van der Waals surface area contributed by atoms with Crippen LogP contribution in [0.3, 0.4) is 0 Å². The summed E-state index contributed by atoms with van der Waals surface area (Å²) in [6.07, 6.45) is 0.577. The maximum Gasteiger partial charge on any atom is 0.410 e. The Bertz CT molecular complexity index is 1100. The SMILES string of the molecule is Cc1ccc(S(=O)(=O)N2[C@H](c3ccccc3)COCC23CCN(C(=O)OC(C)(C)C)CC3)cc1. The van der Waals surface area contributed by atoms with E-state index in [0.29, 0.717) is 32.5 Å². The van der Waals surface area contributed by atoms with Gasteiger partial charge in [-0.15, -0.1) is 0 Å². The Labute approximate surface area is 202 Å². The topological polar surface area (TPSA) is 76.2 Å². The number of nitrogens with zero attached hydrogens (tertiary/aromatic N) is 2. The second-order valence-corrected chi connectivity index (χ2v) is 12.1. The first-order valence-electron chi connectivity index (χ1n) is 11.7. The van der Waals surface area contributed by atoms with Crippen molar-refractivity contribution in [1.82, 2.24) is 9.21 Å². The average Bonchev–Trinajstić information content (AvgIpc) is 2.79. The minimum atomic E-state index is -3.83. The molecule has 0 aliphatic carbocycles. The van der Waals surface area contributed by atoms with Gasteiger partial charge in [0.25, 0.3) is 0 Å². The third kappa shape index (κ3) is 4.99. The maximum absolute atomic E-state index is 14.1. The number of hydrogen-bond donors (Lipinski definition) is 0. The predicted molar refractivity (Wildman–Crippen MR) is 130 cm³/mol. The highest BCUT2D eigenvalue weighted by Crippen LogP contribution is 2.44. The molecule has 2 fully saturated rings. The third-order valence-corrected chi connectivity index (χ3v) is 8.53. The van der Waals surface area contributed by atoms with E-state index in [-0.39, 0.29) is 17.6 Å². The second-order valence-electron chi connectivity index (χ2n) is 10.2. The lowest BCUT2D eigenvalue weighted by molar-refractivity contribution is -0.0865. The highest BCUT2D eigenvalue weighted by atomic mass is 32.2. The summed E-state index contributed by atoms with van der Waals surface area (Å²) in [5, 5.41) is 0. The van der Waals surface area contributed by atoms with Gasteiger partial charge in [-0.2, -0.15) is 4.31 Å². The molecule has 2 aliphatic heterocycles. The second kappa shape index (κ2) is 9.32. The summed E-state index contributed by atoms with van der Waals surface area (Å²) in [7, 11) is -3.83. The summed E-state index contributed by atoms with van der Waals surface area (Å²) in [5.74, 6) is 0. The van der Waals surface area contributed by atoms with Gasteiger partial charge < -0.3 is 14.4 Å². The minimum absolute atomic E-state index is 0.273. The van der Waals surface area contributed by atoms with Gasteiger partial charge in [0, 0.05) is 13.1 Å². The molecule has 2 aliphatic rings. The lowest BCUT2D eigenvalue weighted by Gasteiger charge is -2.53. The zero-order valence-corrected chi connectivity index (χ0v) is 21.2. The van der Waals surface area contributed by atoms with Crippen LogP contribution in [-0.4, -0.2) is 61.2 Å². The van der Waals surface area contributed by atoms with Gasteiger partial charge in [0.15, 0.2) is 0 Å². The predicted octanol–water partition coefficient (Wildman–Crippen LogP) is 4.53. The Morgan fingerprint density at radius 2 is 1.65 bits per heavy atom. The molecule has 0 radical (unpaired) electrons. The van der Waals surface area contributed by atoms with Crippen molar-refractivity contribution < 1.29 is 22.7 Å². The van der Waals surface area contributed by atoms with Crippen molar-refractivity contribution in [3.05, 3.63) is 65.7 Å². The molecule has 184 valence electrons. The van der Waals surface area contributed by atoms with Gasteiger partial charge in [-0.25, -0.2) is 13.2 Å². The van der Waals surface area contributed by atoms with Crippen LogP contribution in [0.15, 0.2) is 59.5 Å². The molecular weight excluding hydrogens is 452 g/mol. The monoisotopic (exact) mass is 486 g/mol. The van der Waals surface area contributed by atoms with Crippen LogP contribution in [0.2, 0.25) is 0 Å². The number of carbonyl (C=O) groups excluding carboxylic acids is 1. The fourth-order valence-corrected chi connectivity index (χ4v) is 6.74. The Balaban J connectivity index is 1.70. The van der Waals surface area contributed by atoms with Gasteiger partial charge >= 0.3 is 6.09 Å². The van der Waals surface area contributed by atoms with Gasteiger partial charge in [-0.1, -0.05) is 48.0 Å². The number of piperidine rings is 1. The zero-order chi connectivity index (χ0) is 24.6. The zero-order valence-electron chi connectivity index (χ0n) is 20.4. The molecule has 4 rings (SSSR count). The number of benzene rings is 2. The van der Waals surface area contributed by atoms with Crippen LogP contribution < -0.4 is 0 Å². The first kappa shape index (κ1) is 24.7. The van der Waals surface area contributed by atoms with E-state index in [1.165, 1.54) is 0 Å². The molecule has 0 saturated carbocycles. The number of hydrogen-bond acceptors (Lipinski definition) is 5. The van der Waals surface area contributed by atoms with Gasteiger partial charge in [0.1, 0.15) is 5.60 Å². The van der Waals surface area contributed by atoms with E-state index in [1.54, 1.807) is 21.3 Å². The highest BCUT2D eigenvalue weighted by molar-refractivity contribution is 7.89. The van der Waals surface area contributed by atoms with Crippen molar-refractivity contribution in [3.8, 4) is 0 Å². The smallest absolute Gasteiger partial charge is 0.410 e. The summed E-state index contributed by atoms with van der Waals surface area (Å²) in [4.78, 5) is 14.6. The lowest BCUT2D eigenvalue weighted by Crippen LogP contribution is -2.64. The normalized spacial score (nSPS) is 21.4. The molecule has 8 heteroatoms. The van der Waals surface area contributed by atoms with Crippen LogP contribution in [0.4, 0.5) is 4.79 Å². The number of sulfonamides is 1. The summed E-state index contributed by atoms with van der Waals surface area (Å²) in [6.45, 7) is 8.84. The Morgan fingerprint density at radius 3 is 2.24 bits per heavy atom. The van der Waals surface area contributed by atoms with E-state index in [1.807, 2.05) is 70.2 Å². The summed E-state index contributed by atoms with van der Waals surface area (Å²) in [6, 6.07) is 16.2. The maximum atomic E-state index is 14.1. The Hall–Kier alpha value is -2.42. The lowest BCUT2D eigenvalue weighted by atomic mass is 9.85. The van der Waals surface area contributed by atoms with E-state index in [0.717, 1.165) is 11.1 Å².